The smallest absolute Gasteiger partial charge is 0.407 e. The molecular weight excluding hydrogens is 224 g/mol. The van der Waals surface area contributed by atoms with Gasteiger partial charge in [0.05, 0.1) is 0 Å². The molecule has 0 aromatic heterocycles. The Kier molecular flexibility index (Phi) is 6.57. The molecule has 6 heteroatoms. The largest absolute Gasteiger partial charge is 0.465 e. The Morgan fingerprint density at radius 2 is 1.94 bits per heavy atom. The quantitative estimate of drug-likeness (QED) is 0.692. The molecule has 0 spiro atoms. The molecule has 0 aliphatic rings. The van der Waals surface area contributed by atoms with Gasteiger partial charge in [-0.3, -0.25) is 4.79 Å². The van der Waals surface area contributed by atoms with E-state index in [0.29, 0.717) is 19.4 Å². The fourth-order valence-corrected chi connectivity index (χ4v) is 1.36. The van der Waals surface area contributed by atoms with Gasteiger partial charge >= 0.3 is 6.09 Å². The molecule has 0 bridgehead atoms. The number of carbonyl (C=O) groups is 2. The van der Waals surface area contributed by atoms with E-state index >= 15 is 0 Å². The van der Waals surface area contributed by atoms with Crippen molar-refractivity contribution in [2.75, 3.05) is 20.4 Å². The summed E-state index contributed by atoms with van der Waals surface area (Å²) in [6, 6.07) is 0. The number of ether oxygens (including phenoxy) is 1. The molecule has 17 heavy (non-hydrogen) atoms. The molecule has 0 unspecified atom stereocenters. The summed E-state index contributed by atoms with van der Waals surface area (Å²) >= 11 is 0. The molecule has 0 rings (SSSR count). The van der Waals surface area contributed by atoms with E-state index in [1.807, 2.05) is 20.8 Å². The number of nitrogens with one attached hydrogen (secondary N) is 1. The van der Waals surface area contributed by atoms with Crippen LogP contribution in [0.2, 0.25) is 0 Å². The third-order valence-corrected chi connectivity index (χ3v) is 2.24. The van der Waals surface area contributed by atoms with Crippen molar-refractivity contribution in [3.63, 3.8) is 0 Å². The molecule has 2 N–H and O–H groups in total. The van der Waals surface area contributed by atoms with Gasteiger partial charge in [0.15, 0.2) is 0 Å². The highest BCUT2D eigenvalue weighted by Gasteiger charge is 2.25. The fraction of sp³-hybridized carbons (Fsp3) is 0.818. The highest BCUT2D eigenvalue weighted by atomic mass is 16.5. The van der Waals surface area contributed by atoms with Crippen molar-refractivity contribution in [1.82, 2.24) is 10.2 Å². The van der Waals surface area contributed by atoms with Gasteiger partial charge in [-0.2, -0.15) is 0 Å². The maximum atomic E-state index is 11.2. The SMILES string of the molecule is COCNC(=O)CCCN(C(=O)O)C(C)(C)C. The van der Waals surface area contributed by atoms with Crippen molar-refractivity contribution in [2.24, 2.45) is 0 Å². The Labute approximate surface area is 102 Å². The molecule has 0 saturated carbocycles. The van der Waals surface area contributed by atoms with Crippen LogP contribution in [0.15, 0.2) is 0 Å². The van der Waals surface area contributed by atoms with Crippen molar-refractivity contribution in [2.45, 2.75) is 39.2 Å². The van der Waals surface area contributed by atoms with Crippen LogP contribution < -0.4 is 5.32 Å². The third-order valence-electron chi connectivity index (χ3n) is 2.24. The van der Waals surface area contributed by atoms with Crippen LogP contribution in [0.25, 0.3) is 0 Å². The summed E-state index contributed by atoms with van der Waals surface area (Å²) in [5, 5.41) is 11.6. The molecule has 100 valence electrons. The maximum absolute atomic E-state index is 11.2. The second-order valence-corrected chi connectivity index (χ2v) is 4.74. The van der Waals surface area contributed by atoms with Gasteiger partial charge in [-0.05, 0) is 27.2 Å². The monoisotopic (exact) mass is 246 g/mol. The number of carboxylic acid groups (broad SMARTS) is 1. The van der Waals surface area contributed by atoms with Crippen LogP contribution in [0.3, 0.4) is 0 Å². The third kappa shape index (κ3) is 6.78. The summed E-state index contributed by atoms with van der Waals surface area (Å²) in [6.45, 7) is 6.00. The maximum Gasteiger partial charge on any atom is 0.407 e. The van der Waals surface area contributed by atoms with E-state index in [-0.39, 0.29) is 12.6 Å². The molecule has 0 fully saturated rings. The number of methoxy groups -OCH3 is 1. The fourth-order valence-electron chi connectivity index (χ4n) is 1.36. The first kappa shape index (κ1) is 15.7. The highest BCUT2D eigenvalue weighted by molar-refractivity contribution is 5.75. The van der Waals surface area contributed by atoms with Gasteiger partial charge < -0.3 is 20.1 Å². The van der Waals surface area contributed by atoms with E-state index in [0.717, 1.165) is 0 Å². The number of amides is 2. The second-order valence-electron chi connectivity index (χ2n) is 4.74. The van der Waals surface area contributed by atoms with Crippen molar-refractivity contribution in [1.29, 1.82) is 0 Å². The average molecular weight is 246 g/mol. The predicted molar refractivity (Wildman–Crippen MR) is 63.7 cm³/mol. The van der Waals surface area contributed by atoms with Crippen molar-refractivity contribution < 1.29 is 19.4 Å². The second kappa shape index (κ2) is 7.11. The lowest BCUT2D eigenvalue weighted by molar-refractivity contribution is -0.122. The van der Waals surface area contributed by atoms with E-state index in [2.05, 4.69) is 5.32 Å². The highest BCUT2D eigenvalue weighted by Crippen LogP contribution is 2.14. The number of nitrogens with zero attached hydrogens (tertiary/aromatic N) is 1. The molecule has 0 radical (unpaired) electrons. The molecule has 0 aliphatic carbocycles. The number of hydrogen-bond donors (Lipinski definition) is 2. The van der Waals surface area contributed by atoms with Crippen LogP contribution in [0.1, 0.15) is 33.6 Å². The van der Waals surface area contributed by atoms with Crippen LogP contribution in [-0.2, 0) is 9.53 Å². The minimum Gasteiger partial charge on any atom is -0.465 e. The molecule has 0 atom stereocenters. The van der Waals surface area contributed by atoms with E-state index in [1.54, 1.807) is 0 Å². The zero-order chi connectivity index (χ0) is 13.5. The molecule has 0 aromatic rings. The van der Waals surface area contributed by atoms with Crippen LogP contribution in [0, 0.1) is 0 Å². The van der Waals surface area contributed by atoms with Crippen LogP contribution in [0.4, 0.5) is 4.79 Å². The van der Waals surface area contributed by atoms with Crippen molar-refractivity contribution in [3.05, 3.63) is 0 Å². The van der Waals surface area contributed by atoms with E-state index in [4.69, 9.17) is 9.84 Å². The number of carbonyl (C=O) groups excluding carboxylic acids is 1. The number of hydrogen-bond acceptors (Lipinski definition) is 3. The zero-order valence-electron chi connectivity index (χ0n) is 10.9. The summed E-state index contributed by atoms with van der Waals surface area (Å²) in [6.07, 6.45) is -0.169. The zero-order valence-corrected chi connectivity index (χ0v) is 10.9. The Morgan fingerprint density at radius 1 is 1.35 bits per heavy atom. The normalized spacial score (nSPS) is 11.1. The first-order chi connectivity index (χ1) is 7.79. The number of rotatable bonds is 6. The molecule has 6 nitrogen and oxygen atoms in total. The Hall–Kier alpha value is -1.30. The first-order valence-corrected chi connectivity index (χ1v) is 5.55. The minimum atomic E-state index is -0.963. The van der Waals surface area contributed by atoms with Gasteiger partial charge in [0.25, 0.3) is 0 Å². The Balaban J connectivity index is 4.00. The molecule has 0 saturated heterocycles. The molecule has 0 heterocycles. The van der Waals surface area contributed by atoms with E-state index in [1.165, 1.54) is 12.0 Å². The van der Waals surface area contributed by atoms with Crippen molar-refractivity contribution in [3.8, 4) is 0 Å². The van der Waals surface area contributed by atoms with Gasteiger partial charge in [0, 0.05) is 25.6 Å². The van der Waals surface area contributed by atoms with Gasteiger partial charge in [0.2, 0.25) is 5.91 Å². The lowest BCUT2D eigenvalue weighted by Gasteiger charge is -2.33. The van der Waals surface area contributed by atoms with E-state index in [9.17, 15) is 9.59 Å². The summed E-state index contributed by atoms with van der Waals surface area (Å²) in [5.41, 5.74) is -0.450. The Bertz CT molecular complexity index is 261. The summed E-state index contributed by atoms with van der Waals surface area (Å²) in [5.74, 6) is -0.133. The van der Waals surface area contributed by atoms with Crippen LogP contribution >= 0.6 is 0 Å². The van der Waals surface area contributed by atoms with Crippen LogP contribution in [-0.4, -0.2) is 47.9 Å². The predicted octanol–water partition coefficient (Wildman–Crippen LogP) is 1.27. The summed E-state index contributed by atoms with van der Waals surface area (Å²) in [7, 11) is 1.49. The Morgan fingerprint density at radius 3 is 2.35 bits per heavy atom. The van der Waals surface area contributed by atoms with Gasteiger partial charge in [-0.25, -0.2) is 4.79 Å². The molecule has 0 aromatic carbocycles. The standard InChI is InChI=1S/C11H22N2O4/c1-11(2,3)13(10(15)16)7-5-6-9(14)12-8-17-4/h5-8H2,1-4H3,(H,12,14)(H,15,16). The lowest BCUT2D eigenvalue weighted by atomic mass is 10.1. The summed E-state index contributed by atoms with van der Waals surface area (Å²) < 4.78 is 4.70. The van der Waals surface area contributed by atoms with Gasteiger partial charge in [-0.1, -0.05) is 0 Å². The minimum absolute atomic E-state index is 0.133. The first-order valence-electron chi connectivity index (χ1n) is 5.55. The van der Waals surface area contributed by atoms with E-state index < -0.39 is 11.6 Å². The lowest BCUT2D eigenvalue weighted by Crippen LogP contribution is -2.45. The van der Waals surface area contributed by atoms with Crippen molar-refractivity contribution >= 4 is 12.0 Å². The van der Waals surface area contributed by atoms with Gasteiger partial charge in [-0.15, -0.1) is 0 Å². The molecule has 2 amide bonds. The van der Waals surface area contributed by atoms with Crippen LogP contribution in [0.5, 0.6) is 0 Å². The molecular formula is C11H22N2O4. The average Bonchev–Trinajstić information content (AvgIpc) is 2.18. The van der Waals surface area contributed by atoms with Gasteiger partial charge in [0.1, 0.15) is 6.73 Å². The topological polar surface area (TPSA) is 78.9 Å². The summed E-state index contributed by atoms with van der Waals surface area (Å²) in [4.78, 5) is 23.6. The molecule has 0 aliphatic heterocycles.